The second-order valence-electron chi connectivity index (χ2n) is 5.15. The summed E-state index contributed by atoms with van der Waals surface area (Å²) in [5.41, 5.74) is -6.64. The van der Waals surface area contributed by atoms with E-state index in [2.05, 4.69) is 0 Å². The molecule has 0 spiro atoms. The van der Waals surface area contributed by atoms with Crippen LogP contribution in [-0.2, 0) is 19.6 Å². The molecule has 0 saturated heterocycles. The maximum atomic E-state index is 12.5. The first-order chi connectivity index (χ1) is 10.9. The van der Waals surface area contributed by atoms with Gasteiger partial charge in [-0.05, 0) is 19.9 Å². The molecule has 0 saturated carbocycles. The molecule has 130 valence electrons. The van der Waals surface area contributed by atoms with Crippen LogP contribution in [0.3, 0.4) is 0 Å². The average Bonchev–Trinajstić information content (AvgIpc) is 2.42. The molecule has 1 aliphatic carbocycles. The van der Waals surface area contributed by atoms with Gasteiger partial charge in [-0.3, -0.25) is 14.3 Å². The number of hydrogen-bond acceptors (Lipinski definition) is 5. The Morgan fingerprint density at radius 3 is 2.33 bits per heavy atom. The lowest BCUT2D eigenvalue weighted by Gasteiger charge is -2.22. The van der Waals surface area contributed by atoms with Crippen LogP contribution in [0.2, 0.25) is 0 Å². The van der Waals surface area contributed by atoms with Crippen LogP contribution in [0.25, 0.3) is 5.76 Å². The second-order valence-corrected chi connectivity index (χ2v) is 6.82. The first kappa shape index (κ1) is 18.0. The molecule has 24 heavy (non-hydrogen) atoms. The minimum absolute atomic E-state index is 0.0161. The summed E-state index contributed by atoms with van der Waals surface area (Å²) < 4.78 is 66.8. The van der Waals surface area contributed by atoms with Gasteiger partial charge >= 0.3 is 15.5 Å². The Morgan fingerprint density at radius 1 is 1.17 bits per heavy atom. The summed E-state index contributed by atoms with van der Waals surface area (Å²) in [6, 6.07) is 3.55. The second kappa shape index (κ2) is 5.93. The minimum Gasteiger partial charge on any atom is -0.490 e. The number of carbonyl (C=O) groups excluding carboxylic acids is 2. The van der Waals surface area contributed by atoms with Gasteiger partial charge in [-0.15, -0.1) is 0 Å². The standard InChI is InChI=1S/C14H12F3NO5S/c1-7(2)23-11-6-10(19)13(20)12-8(11)4-3-5-9(12)18-24(21,22)14(15,16)17/h3-7,18H,1-2H3. The normalized spacial score (nSPS) is 15.2. The zero-order chi connectivity index (χ0) is 18.3. The predicted octanol–water partition coefficient (Wildman–Crippen LogP) is 2.48. The summed E-state index contributed by atoms with van der Waals surface area (Å²) >= 11 is 0. The third-order valence-corrected chi connectivity index (χ3v) is 4.05. The summed E-state index contributed by atoms with van der Waals surface area (Å²) in [6.45, 7) is 3.30. The van der Waals surface area contributed by atoms with E-state index in [1.54, 1.807) is 13.8 Å². The minimum atomic E-state index is -5.74. The SMILES string of the molecule is CC(C)OC1=CC(=O)C(=O)c2c(NS(=O)(=O)C(F)(F)F)cccc21. The molecule has 0 amide bonds. The number of sulfonamides is 1. The lowest BCUT2D eigenvalue weighted by Crippen LogP contribution is -2.31. The fraction of sp³-hybridized carbons (Fsp3) is 0.286. The molecule has 2 rings (SSSR count). The Hall–Kier alpha value is -2.36. The smallest absolute Gasteiger partial charge is 0.490 e. The first-order valence-electron chi connectivity index (χ1n) is 6.63. The number of Topliss-reactive ketones (excluding diaryl/α,β-unsaturated/α-hetero) is 1. The molecule has 6 nitrogen and oxygen atoms in total. The van der Waals surface area contributed by atoms with Gasteiger partial charge in [0.1, 0.15) is 5.76 Å². The summed E-state index contributed by atoms with van der Waals surface area (Å²) in [6.07, 6.45) is 0.549. The Morgan fingerprint density at radius 2 is 1.79 bits per heavy atom. The predicted molar refractivity (Wildman–Crippen MR) is 78.6 cm³/mol. The molecule has 1 aromatic rings. The quantitative estimate of drug-likeness (QED) is 0.830. The lowest BCUT2D eigenvalue weighted by atomic mass is 9.92. The number of anilines is 1. The number of rotatable bonds is 4. The molecular formula is C14H12F3NO5S. The Bertz CT molecular complexity index is 840. The van der Waals surface area contributed by atoms with Gasteiger partial charge < -0.3 is 4.74 Å². The van der Waals surface area contributed by atoms with E-state index >= 15 is 0 Å². The van der Waals surface area contributed by atoms with Gasteiger partial charge in [-0.25, -0.2) is 0 Å². The first-order valence-corrected chi connectivity index (χ1v) is 8.12. The zero-order valence-corrected chi connectivity index (χ0v) is 13.3. The van der Waals surface area contributed by atoms with Crippen molar-refractivity contribution in [3.63, 3.8) is 0 Å². The number of nitrogens with one attached hydrogen (secondary N) is 1. The van der Waals surface area contributed by atoms with Crippen LogP contribution in [0.5, 0.6) is 0 Å². The van der Waals surface area contributed by atoms with Crippen molar-refractivity contribution < 1.29 is 35.9 Å². The maximum Gasteiger partial charge on any atom is 0.516 e. The van der Waals surface area contributed by atoms with Gasteiger partial charge in [0.25, 0.3) is 0 Å². The topological polar surface area (TPSA) is 89.5 Å². The summed E-state index contributed by atoms with van der Waals surface area (Å²) in [7, 11) is -5.74. The van der Waals surface area contributed by atoms with Crippen LogP contribution in [0.15, 0.2) is 24.3 Å². The van der Waals surface area contributed by atoms with Gasteiger partial charge in [0.05, 0.1) is 17.4 Å². The van der Waals surface area contributed by atoms with Gasteiger partial charge in [0, 0.05) is 11.6 Å². The van der Waals surface area contributed by atoms with E-state index in [1.807, 2.05) is 0 Å². The fourth-order valence-electron chi connectivity index (χ4n) is 2.03. The third-order valence-electron chi connectivity index (χ3n) is 2.95. The molecule has 0 unspecified atom stereocenters. The highest BCUT2D eigenvalue weighted by atomic mass is 32.2. The van der Waals surface area contributed by atoms with E-state index < -0.39 is 38.3 Å². The molecular weight excluding hydrogens is 351 g/mol. The fourth-order valence-corrected chi connectivity index (χ4v) is 2.60. The van der Waals surface area contributed by atoms with Crippen molar-refractivity contribution in [1.29, 1.82) is 0 Å². The Kier molecular flexibility index (Phi) is 4.44. The molecule has 0 heterocycles. The number of ether oxygens (including phenoxy) is 1. The number of allylic oxidation sites excluding steroid dienone is 1. The van der Waals surface area contributed by atoms with Gasteiger partial charge in [-0.1, -0.05) is 12.1 Å². The average molecular weight is 363 g/mol. The zero-order valence-electron chi connectivity index (χ0n) is 12.5. The largest absolute Gasteiger partial charge is 0.516 e. The number of halogens is 3. The third kappa shape index (κ3) is 3.28. The summed E-state index contributed by atoms with van der Waals surface area (Å²) in [5, 5.41) is 0. The molecule has 0 atom stereocenters. The van der Waals surface area contributed by atoms with Crippen molar-refractivity contribution in [3.8, 4) is 0 Å². The molecule has 1 aliphatic rings. The van der Waals surface area contributed by atoms with Gasteiger partial charge in [-0.2, -0.15) is 21.6 Å². The number of alkyl halides is 3. The molecule has 0 aliphatic heterocycles. The van der Waals surface area contributed by atoms with Crippen LogP contribution in [0.1, 0.15) is 29.8 Å². The molecule has 1 N–H and O–H groups in total. The van der Waals surface area contributed by atoms with Crippen LogP contribution >= 0.6 is 0 Å². The van der Waals surface area contributed by atoms with Crippen molar-refractivity contribution >= 4 is 33.0 Å². The highest BCUT2D eigenvalue weighted by molar-refractivity contribution is 7.93. The van der Waals surface area contributed by atoms with Crippen LogP contribution in [0.4, 0.5) is 18.9 Å². The van der Waals surface area contributed by atoms with E-state index in [1.165, 1.54) is 16.9 Å². The number of carbonyl (C=O) groups is 2. The van der Waals surface area contributed by atoms with Crippen LogP contribution < -0.4 is 4.72 Å². The Balaban J connectivity index is 2.59. The van der Waals surface area contributed by atoms with E-state index in [4.69, 9.17) is 4.74 Å². The van der Waals surface area contributed by atoms with Crippen molar-refractivity contribution in [2.24, 2.45) is 0 Å². The van der Waals surface area contributed by atoms with Crippen LogP contribution in [0, 0.1) is 0 Å². The highest BCUT2D eigenvalue weighted by Gasteiger charge is 2.46. The maximum absolute atomic E-state index is 12.5. The molecule has 0 fully saturated rings. The number of fused-ring (bicyclic) bond motifs is 1. The summed E-state index contributed by atoms with van der Waals surface area (Å²) in [4.78, 5) is 23.8. The van der Waals surface area contributed by atoms with Crippen LogP contribution in [-0.4, -0.2) is 31.6 Å². The number of benzene rings is 1. The number of hydrogen-bond donors (Lipinski definition) is 1. The molecule has 0 aromatic heterocycles. The van der Waals surface area contributed by atoms with Gasteiger partial charge in [0.15, 0.2) is 0 Å². The van der Waals surface area contributed by atoms with Crippen molar-refractivity contribution in [2.45, 2.75) is 25.5 Å². The lowest BCUT2D eigenvalue weighted by molar-refractivity contribution is -0.111. The molecule has 0 bridgehead atoms. The van der Waals surface area contributed by atoms with Crippen molar-refractivity contribution in [2.75, 3.05) is 4.72 Å². The molecule has 10 heteroatoms. The summed E-state index contributed by atoms with van der Waals surface area (Å²) in [5.74, 6) is -2.16. The van der Waals surface area contributed by atoms with E-state index in [9.17, 15) is 31.2 Å². The highest BCUT2D eigenvalue weighted by Crippen LogP contribution is 2.34. The van der Waals surface area contributed by atoms with E-state index in [0.717, 1.165) is 12.1 Å². The number of ketones is 2. The van der Waals surface area contributed by atoms with Crippen molar-refractivity contribution in [3.05, 3.63) is 35.4 Å². The van der Waals surface area contributed by atoms with Gasteiger partial charge in [0.2, 0.25) is 11.6 Å². The monoisotopic (exact) mass is 363 g/mol. The van der Waals surface area contributed by atoms with E-state index in [-0.39, 0.29) is 17.4 Å². The molecule has 0 radical (unpaired) electrons. The molecule has 1 aromatic carbocycles. The Labute approximate surface area is 135 Å². The van der Waals surface area contributed by atoms with Crippen molar-refractivity contribution in [1.82, 2.24) is 0 Å². The van der Waals surface area contributed by atoms with E-state index in [0.29, 0.717) is 0 Å².